The van der Waals surface area contributed by atoms with Crippen LogP contribution in [0.25, 0.3) is 0 Å². The number of nitrogens with zero attached hydrogens (tertiary/aromatic N) is 2. The number of rotatable bonds is 6. The van der Waals surface area contributed by atoms with Crippen LogP contribution >= 0.6 is 11.6 Å². The van der Waals surface area contributed by atoms with Gasteiger partial charge in [0.15, 0.2) is 0 Å². The summed E-state index contributed by atoms with van der Waals surface area (Å²) in [5.74, 6) is -1.19. The maximum absolute atomic E-state index is 12.4. The molecule has 150 valence electrons. The monoisotopic (exact) mass is 423 g/mol. The van der Waals surface area contributed by atoms with Gasteiger partial charge < -0.3 is 4.74 Å². The molecule has 0 unspecified atom stereocenters. The standard InChI is InChI=1S/C21H14ClN3O5/c22-18-9-5-4-8-17(18)21(27)30-19-11-10-16(25(28)29)12-15(19)13-23-24-20(26)14-6-2-1-3-7-14/h1-13H,(H,24,26)/b23-13+. The number of benzene rings is 3. The van der Waals surface area contributed by atoms with Crippen molar-refractivity contribution in [3.05, 3.63) is 105 Å². The first kappa shape index (κ1) is 20.7. The topological polar surface area (TPSA) is 111 Å². The molecule has 30 heavy (non-hydrogen) atoms. The summed E-state index contributed by atoms with van der Waals surface area (Å²) < 4.78 is 5.34. The molecule has 3 aromatic carbocycles. The lowest BCUT2D eigenvalue weighted by molar-refractivity contribution is -0.384. The lowest BCUT2D eigenvalue weighted by Gasteiger charge is -2.08. The Morgan fingerprint density at radius 3 is 2.43 bits per heavy atom. The first-order valence-corrected chi connectivity index (χ1v) is 8.97. The van der Waals surface area contributed by atoms with E-state index in [0.29, 0.717) is 5.56 Å². The largest absolute Gasteiger partial charge is 0.422 e. The Balaban J connectivity index is 1.83. The average Bonchev–Trinajstić information content (AvgIpc) is 2.75. The molecule has 0 radical (unpaired) electrons. The molecule has 0 saturated carbocycles. The smallest absolute Gasteiger partial charge is 0.345 e. The van der Waals surface area contributed by atoms with Crippen LogP contribution in [0.1, 0.15) is 26.3 Å². The molecule has 0 aliphatic rings. The van der Waals surface area contributed by atoms with Crippen LogP contribution in [0.15, 0.2) is 77.9 Å². The molecule has 0 heterocycles. The molecule has 0 aromatic heterocycles. The molecule has 9 heteroatoms. The van der Waals surface area contributed by atoms with Crippen LogP contribution in [0.4, 0.5) is 5.69 Å². The summed E-state index contributed by atoms with van der Waals surface area (Å²) in [6, 6.07) is 18.3. The van der Waals surface area contributed by atoms with E-state index in [9.17, 15) is 19.7 Å². The predicted octanol–water partition coefficient (Wildman–Crippen LogP) is 4.23. The maximum atomic E-state index is 12.4. The SMILES string of the molecule is O=C(N/N=C/c1cc([N+](=O)[O-])ccc1OC(=O)c1ccccc1Cl)c1ccccc1. The van der Waals surface area contributed by atoms with Crippen molar-refractivity contribution in [1.29, 1.82) is 0 Å². The number of esters is 1. The quantitative estimate of drug-likeness (QED) is 0.210. The normalized spacial score (nSPS) is 10.6. The minimum Gasteiger partial charge on any atom is -0.422 e. The molecule has 0 spiro atoms. The highest BCUT2D eigenvalue weighted by atomic mass is 35.5. The molecule has 0 aliphatic heterocycles. The number of hydrogen-bond donors (Lipinski definition) is 1. The van der Waals surface area contributed by atoms with Crippen LogP contribution < -0.4 is 10.2 Å². The maximum Gasteiger partial charge on any atom is 0.345 e. The molecule has 0 saturated heterocycles. The van der Waals surface area contributed by atoms with Crippen LogP contribution in [-0.2, 0) is 0 Å². The molecule has 8 nitrogen and oxygen atoms in total. The van der Waals surface area contributed by atoms with Crippen molar-refractivity contribution in [3.63, 3.8) is 0 Å². The van der Waals surface area contributed by atoms with Gasteiger partial charge in [0.05, 0.1) is 21.7 Å². The summed E-state index contributed by atoms with van der Waals surface area (Å²) in [5, 5.41) is 15.1. The average molecular weight is 424 g/mol. The van der Waals surface area contributed by atoms with Crippen LogP contribution in [0.5, 0.6) is 5.75 Å². The van der Waals surface area contributed by atoms with Crippen molar-refractivity contribution in [2.24, 2.45) is 5.10 Å². The third-order valence-corrected chi connectivity index (χ3v) is 4.24. The van der Waals surface area contributed by atoms with Gasteiger partial charge >= 0.3 is 5.97 Å². The summed E-state index contributed by atoms with van der Waals surface area (Å²) in [6.45, 7) is 0. The van der Waals surface area contributed by atoms with Gasteiger partial charge in [-0.05, 0) is 30.3 Å². The third-order valence-electron chi connectivity index (χ3n) is 3.91. The van der Waals surface area contributed by atoms with Gasteiger partial charge in [-0.2, -0.15) is 5.10 Å². The second-order valence-electron chi connectivity index (χ2n) is 5.91. The number of nitrogens with one attached hydrogen (secondary N) is 1. The fourth-order valence-electron chi connectivity index (χ4n) is 2.44. The summed E-state index contributed by atoms with van der Waals surface area (Å²) in [7, 11) is 0. The number of ether oxygens (including phenoxy) is 1. The zero-order valence-corrected chi connectivity index (χ0v) is 16.1. The zero-order chi connectivity index (χ0) is 21.5. The van der Waals surface area contributed by atoms with E-state index in [1.54, 1.807) is 42.5 Å². The first-order valence-electron chi connectivity index (χ1n) is 8.59. The van der Waals surface area contributed by atoms with E-state index in [1.807, 2.05) is 0 Å². The minimum absolute atomic E-state index is 0.0169. The highest BCUT2D eigenvalue weighted by Gasteiger charge is 2.17. The predicted molar refractivity (Wildman–Crippen MR) is 111 cm³/mol. The molecular weight excluding hydrogens is 410 g/mol. The number of halogens is 1. The fraction of sp³-hybridized carbons (Fsp3) is 0. The summed E-state index contributed by atoms with van der Waals surface area (Å²) in [6.07, 6.45) is 1.16. The minimum atomic E-state index is -0.738. The Morgan fingerprint density at radius 1 is 1.03 bits per heavy atom. The molecule has 0 atom stereocenters. The van der Waals surface area contributed by atoms with Crippen molar-refractivity contribution < 1.29 is 19.2 Å². The molecule has 3 aromatic rings. The van der Waals surface area contributed by atoms with E-state index in [4.69, 9.17) is 16.3 Å². The fourth-order valence-corrected chi connectivity index (χ4v) is 2.65. The Kier molecular flexibility index (Phi) is 6.51. The number of carbonyl (C=O) groups excluding carboxylic acids is 2. The summed E-state index contributed by atoms with van der Waals surface area (Å²) in [4.78, 5) is 35.0. The van der Waals surface area contributed by atoms with Gasteiger partial charge in [-0.25, -0.2) is 10.2 Å². The van der Waals surface area contributed by atoms with Gasteiger partial charge in [-0.15, -0.1) is 0 Å². The second-order valence-corrected chi connectivity index (χ2v) is 6.32. The Labute approximate surface area is 175 Å². The summed E-state index contributed by atoms with van der Waals surface area (Å²) >= 11 is 6.00. The zero-order valence-electron chi connectivity index (χ0n) is 15.3. The van der Waals surface area contributed by atoms with E-state index in [1.165, 1.54) is 30.3 Å². The van der Waals surface area contributed by atoms with Crippen LogP contribution in [0, 0.1) is 10.1 Å². The lowest BCUT2D eigenvalue weighted by Crippen LogP contribution is -2.17. The lowest BCUT2D eigenvalue weighted by atomic mass is 10.2. The Bertz CT molecular complexity index is 1130. The third kappa shape index (κ3) is 5.06. The second kappa shape index (κ2) is 9.44. The van der Waals surface area contributed by atoms with Crippen molar-refractivity contribution in [1.82, 2.24) is 5.43 Å². The van der Waals surface area contributed by atoms with E-state index in [-0.39, 0.29) is 27.6 Å². The van der Waals surface area contributed by atoms with Crippen LogP contribution in [-0.4, -0.2) is 23.0 Å². The number of hydrogen-bond acceptors (Lipinski definition) is 6. The number of nitro groups is 1. The Morgan fingerprint density at radius 2 is 1.73 bits per heavy atom. The highest BCUT2D eigenvalue weighted by molar-refractivity contribution is 6.33. The molecule has 0 bridgehead atoms. The van der Waals surface area contributed by atoms with Gasteiger partial charge in [0.25, 0.3) is 11.6 Å². The molecule has 0 fully saturated rings. The van der Waals surface area contributed by atoms with Gasteiger partial charge in [-0.1, -0.05) is 41.9 Å². The van der Waals surface area contributed by atoms with Crippen molar-refractivity contribution in [2.45, 2.75) is 0 Å². The number of carbonyl (C=O) groups is 2. The molecule has 3 rings (SSSR count). The first-order chi connectivity index (χ1) is 14.5. The number of amides is 1. The van der Waals surface area contributed by atoms with Gasteiger partial charge in [-0.3, -0.25) is 14.9 Å². The Hall–Kier alpha value is -4.04. The van der Waals surface area contributed by atoms with E-state index in [0.717, 1.165) is 6.21 Å². The van der Waals surface area contributed by atoms with Crippen molar-refractivity contribution in [2.75, 3.05) is 0 Å². The van der Waals surface area contributed by atoms with E-state index < -0.39 is 16.8 Å². The van der Waals surface area contributed by atoms with Gasteiger partial charge in [0.2, 0.25) is 0 Å². The molecular formula is C21H14ClN3O5. The van der Waals surface area contributed by atoms with Gasteiger partial charge in [0.1, 0.15) is 5.75 Å². The number of nitro benzene ring substituents is 1. The highest BCUT2D eigenvalue weighted by Crippen LogP contribution is 2.25. The molecule has 0 aliphatic carbocycles. The number of hydrazone groups is 1. The van der Waals surface area contributed by atoms with Gasteiger partial charge in [0, 0.05) is 23.3 Å². The van der Waals surface area contributed by atoms with Crippen LogP contribution in [0.2, 0.25) is 5.02 Å². The molecule has 1 N–H and O–H groups in total. The summed E-state index contributed by atoms with van der Waals surface area (Å²) in [5.41, 5.74) is 2.73. The molecule has 1 amide bonds. The van der Waals surface area contributed by atoms with E-state index in [2.05, 4.69) is 10.5 Å². The van der Waals surface area contributed by atoms with E-state index >= 15 is 0 Å². The van der Waals surface area contributed by atoms with Crippen LogP contribution in [0.3, 0.4) is 0 Å². The van der Waals surface area contributed by atoms with Crippen molar-refractivity contribution in [3.8, 4) is 5.75 Å². The number of non-ortho nitro benzene ring substituents is 1. The van der Waals surface area contributed by atoms with Crippen molar-refractivity contribution >= 4 is 35.4 Å².